The number of hydrogen-bond donors (Lipinski definition) is 1. The second-order valence-electron chi connectivity index (χ2n) is 2.51. The van der Waals surface area contributed by atoms with E-state index in [0.29, 0.717) is 12.8 Å². The fourth-order valence-corrected chi connectivity index (χ4v) is 0.603. The highest BCUT2D eigenvalue weighted by Gasteiger charge is 2.21. The molecule has 13 heavy (non-hydrogen) atoms. The molecular formula is C8H16ClNO3. The van der Waals surface area contributed by atoms with E-state index in [1.165, 1.54) is 0 Å². The van der Waals surface area contributed by atoms with Gasteiger partial charge in [-0.25, -0.2) is 4.79 Å². The lowest BCUT2D eigenvalue weighted by molar-refractivity contribution is -0.154. The quantitative estimate of drug-likeness (QED) is 0.534. The van der Waals surface area contributed by atoms with Crippen LogP contribution in [-0.2, 0) is 14.3 Å². The Morgan fingerprint density at radius 1 is 1.38 bits per heavy atom. The number of hydrogen-bond acceptors (Lipinski definition) is 4. The van der Waals surface area contributed by atoms with Crippen molar-refractivity contribution in [2.75, 3.05) is 6.61 Å². The van der Waals surface area contributed by atoms with Crippen molar-refractivity contribution in [3.05, 3.63) is 0 Å². The number of ether oxygens (including phenoxy) is 1. The predicted octanol–water partition coefficient (Wildman–Crippen LogP) is 0.668. The van der Waals surface area contributed by atoms with Crippen molar-refractivity contribution in [3.8, 4) is 0 Å². The van der Waals surface area contributed by atoms with E-state index in [2.05, 4.69) is 4.74 Å². The third-order valence-electron chi connectivity index (χ3n) is 1.42. The highest BCUT2D eigenvalue weighted by Crippen LogP contribution is 1.92. The van der Waals surface area contributed by atoms with Gasteiger partial charge in [0.2, 0.25) is 0 Å². The minimum Gasteiger partial charge on any atom is -0.460 e. The van der Waals surface area contributed by atoms with Gasteiger partial charge in [0, 0.05) is 0 Å². The molecule has 1 atom stereocenters. The van der Waals surface area contributed by atoms with E-state index in [-0.39, 0.29) is 19.0 Å². The molecule has 0 amide bonds. The zero-order chi connectivity index (χ0) is 9.56. The summed E-state index contributed by atoms with van der Waals surface area (Å²) in [6.45, 7) is 3.88. The van der Waals surface area contributed by atoms with Crippen LogP contribution in [0.15, 0.2) is 0 Å². The lowest BCUT2D eigenvalue weighted by Crippen LogP contribution is -2.36. The van der Waals surface area contributed by atoms with Gasteiger partial charge in [-0.3, -0.25) is 4.79 Å². The molecule has 0 bridgehead atoms. The first-order chi connectivity index (χ1) is 5.63. The van der Waals surface area contributed by atoms with E-state index in [1.54, 1.807) is 6.92 Å². The van der Waals surface area contributed by atoms with Crippen molar-refractivity contribution >= 4 is 24.2 Å². The van der Waals surface area contributed by atoms with E-state index < -0.39 is 17.8 Å². The Hall–Kier alpha value is -0.610. The van der Waals surface area contributed by atoms with E-state index in [1.807, 2.05) is 6.92 Å². The molecule has 0 radical (unpaired) electrons. The number of halogens is 1. The molecule has 1 unspecified atom stereocenters. The van der Waals surface area contributed by atoms with Crippen LogP contribution in [-0.4, -0.2) is 24.4 Å². The maximum atomic E-state index is 11.0. The minimum absolute atomic E-state index is 0. The number of Topliss-reactive ketones (excluding diaryl/α,β-unsaturated/α-hetero) is 1. The van der Waals surface area contributed by atoms with Crippen LogP contribution >= 0.6 is 12.4 Å². The normalized spacial score (nSPS) is 11.3. The molecule has 0 saturated carbocycles. The van der Waals surface area contributed by atoms with Crippen molar-refractivity contribution < 1.29 is 14.3 Å². The van der Waals surface area contributed by atoms with Gasteiger partial charge >= 0.3 is 5.97 Å². The molecule has 2 N–H and O–H groups in total. The van der Waals surface area contributed by atoms with Gasteiger partial charge < -0.3 is 10.5 Å². The zero-order valence-corrected chi connectivity index (χ0v) is 8.73. The minimum atomic E-state index is -0.814. The van der Waals surface area contributed by atoms with Crippen LogP contribution in [0.2, 0.25) is 0 Å². The van der Waals surface area contributed by atoms with Gasteiger partial charge in [-0.1, -0.05) is 13.8 Å². The van der Waals surface area contributed by atoms with Gasteiger partial charge in [-0.05, 0) is 12.8 Å². The zero-order valence-electron chi connectivity index (χ0n) is 7.91. The van der Waals surface area contributed by atoms with Crippen molar-refractivity contribution in [2.45, 2.75) is 32.7 Å². The fourth-order valence-electron chi connectivity index (χ4n) is 0.603. The predicted molar refractivity (Wildman–Crippen MR) is 51.8 cm³/mol. The van der Waals surface area contributed by atoms with Crippen molar-refractivity contribution in [3.63, 3.8) is 0 Å². The number of ketones is 1. The summed E-state index contributed by atoms with van der Waals surface area (Å²) >= 11 is 0. The molecule has 0 aliphatic rings. The van der Waals surface area contributed by atoms with Crippen LogP contribution in [0.1, 0.15) is 26.7 Å². The molecule has 0 aliphatic heterocycles. The summed E-state index contributed by atoms with van der Waals surface area (Å²) in [4.78, 5) is 21.8. The van der Waals surface area contributed by atoms with Crippen molar-refractivity contribution in [2.24, 2.45) is 5.73 Å². The lowest BCUT2D eigenvalue weighted by atomic mass is 10.1. The standard InChI is InChI=1S/C8H15NO3.ClH/c1-3-5-12-8(11)7(10)6(9)4-2;/h6H,3-5,9H2,1-2H3;1H. The van der Waals surface area contributed by atoms with Crippen LogP contribution in [0.25, 0.3) is 0 Å². The molecular weight excluding hydrogens is 194 g/mol. The van der Waals surface area contributed by atoms with Crippen LogP contribution in [0, 0.1) is 0 Å². The van der Waals surface area contributed by atoms with E-state index in [0.717, 1.165) is 0 Å². The number of carbonyl (C=O) groups excluding carboxylic acids is 2. The number of nitrogens with two attached hydrogens (primary N) is 1. The second-order valence-corrected chi connectivity index (χ2v) is 2.51. The Morgan fingerprint density at radius 3 is 2.31 bits per heavy atom. The molecule has 0 fully saturated rings. The largest absolute Gasteiger partial charge is 0.460 e. The third-order valence-corrected chi connectivity index (χ3v) is 1.42. The summed E-state index contributed by atoms with van der Waals surface area (Å²) in [5.41, 5.74) is 5.34. The van der Waals surface area contributed by atoms with Gasteiger partial charge in [-0.15, -0.1) is 12.4 Å². The van der Waals surface area contributed by atoms with E-state index >= 15 is 0 Å². The van der Waals surface area contributed by atoms with Crippen LogP contribution in [0.5, 0.6) is 0 Å². The van der Waals surface area contributed by atoms with E-state index in [4.69, 9.17) is 5.73 Å². The first-order valence-electron chi connectivity index (χ1n) is 4.10. The Bertz CT molecular complexity index is 173. The highest BCUT2D eigenvalue weighted by molar-refractivity contribution is 6.35. The molecule has 4 nitrogen and oxygen atoms in total. The van der Waals surface area contributed by atoms with Crippen molar-refractivity contribution in [1.29, 1.82) is 0 Å². The number of carbonyl (C=O) groups is 2. The maximum absolute atomic E-state index is 11.0. The molecule has 0 spiro atoms. The Labute approximate surface area is 84.2 Å². The summed E-state index contributed by atoms with van der Waals surface area (Å²) in [7, 11) is 0. The second kappa shape index (κ2) is 8.01. The van der Waals surface area contributed by atoms with Gasteiger partial charge in [0.15, 0.2) is 0 Å². The highest BCUT2D eigenvalue weighted by atomic mass is 35.5. The summed E-state index contributed by atoms with van der Waals surface area (Å²) < 4.78 is 4.61. The summed E-state index contributed by atoms with van der Waals surface area (Å²) in [5, 5.41) is 0. The maximum Gasteiger partial charge on any atom is 0.376 e. The van der Waals surface area contributed by atoms with Crippen LogP contribution in [0.4, 0.5) is 0 Å². The SMILES string of the molecule is CCCOC(=O)C(=O)C(N)CC.Cl. The number of esters is 1. The molecule has 0 aromatic carbocycles. The molecule has 78 valence electrons. The number of rotatable bonds is 5. The first-order valence-corrected chi connectivity index (χ1v) is 4.10. The molecule has 0 heterocycles. The Morgan fingerprint density at radius 2 is 1.92 bits per heavy atom. The van der Waals surface area contributed by atoms with Gasteiger partial charge in [-0.2, -0.15) is 0 Å². The lowest BCUT2D eigenvalue weighted by Gasteiger charge is -2.06. The molecule has 0 aliphatic carbocycles. The van der Waals surface area contributed by atoms with E-state index in [9.17, 15) is 9.59 Å². The molecule has 0 aromatic heterocycles. The smallest absolute Gasteiger partial charge is 0.376 e. The molecule has 5 heteroatoms. The van der Waals surface area contributed by atoms with Gasteiger partial charge in [0.1, 0.15) is 0 Å². The summed E-state index contributed by atoms with van der Waals surface area (Å²) in [6.07, 6.45) is 1.17. The first kappa shape index (κ1) is 14.9. The van der Waals surface area contributed by atoms with Crippen LogP contribution < -0.4 is 5.73 Å². The monoisotopic (exact) mass is 209 g/mol. The van der Waals surface area contributed by atoms with Crippen LogP contribution in [0.3, 0.4) is 0 Å². The molecule has 0 rings (SSSR count). The molecule has 0 saturated heterocycles. The Kier molecular flexibility index (Phi) is 9.17. The fraction of sp³-hybridized carbons (Fsp3) is 0.750. The average molecular weight is 210 g/mol. The van der Waals surface area contributed by atoms with Gasteiger partial charge in [0.25, 0.3) is 5.78 Å². The average Bonchev–Trinajstić information content (AvgIpc) is 2.11. The molecule has 0 aromatic rings. The van der Waals surface area contributed by atoms with Crippen molar-refractivity contribution in [1.82, 2.24) is 0 Å². The topological polar surface area (TPSA) is 69.4 Å². The Balaban J connectivity index is 0. The third kappa shape index (κ3) is 5.60. The summed E-state index contributed by atoms with van der Waals surface area (Å²) in [5.74, 6) is -1.45. The summed E-state index contributed by atoms with van der Waals surface area (Å²) in [6, 6.07) is -0.714. The van der Waals surface area contributed by atoms with Gasteiger partial charge in [0.05, 0.1) is 12.6 Å².